The van der Waals surface area contributed by atoms with E-state index in [0.717, 1.165) is 31.4 Å². The molecule has 150 valence electrons. The predicted molar refractivity (Wildman–Crippen MR) is 109 cm³/mol. The van der Waals surface area contributed by atoms with Crippen molar-refractivity contribution >= 4 is 11.9 Å². The second-order valence-corrected chi connectivity index (χ2v) is 7.14. The van der Waals surface area contributed by atoms with Gasteiger partial charge in [0.1, 0.15) is 12.4 Å². The molecule has 1 aliphatic heterocycles. The van der Waals surface area contributed by atoms with E-state index in [0.29, 0.717) is 13.1 Å². The summed E-state index contributed by atoms with van der Waals surface area (Å²) in [5, 5.41) is 3.34. The maximum absolute atomic E-state index is 12.0. The maximum atomic E-state index is 12.0. The molecule has 0 bridgehead atoms. The number of aliphatic imine (C=N–C) groups is 1. The van der Waals surface area contributed by atoms with E-state index in [1.54, 1.807) is 0 Å². The molecule has 28 heavy (non-hydrogen) atoms. The van der Waals surface area contributed by atoms with Crippen molar-refractivity contribution in [2.45, 2.75) is 26.9 Å². The number of likely N-dealkylation sites (tertiary alicyclic amines) is 1. The van der Waals surface area contributed by atoms with Crippen molar-refractivity contribution in [2.75, 3.05) is 26.7 Å². The minimum atomic E-state index is -0.149. The topological polar surface area (TPSA) is 71.8 Å². The third kappa shape index (κ3) is 4.71. The molecule has 1 aliphatic rings. The molecule has 1 saturated heterocycles. The highest BCUT2D eigenvalue weighted by molar-refractivity contribution is 5.82. The van der Waals surface area contributed by atoms with E-state index in [-0.39, 0.29) is 17.8 Å². The first-order valence-electron chi connectivity index (χ1n) is 9.77. The molecule has 2 heterocycles. The van der Waals surface area contributed by atoms with E-state index < -0.39 is 0 Å². The molecule has 1 aromatic heterocycles. The number of hydrogen-bond donors (Lipinski definition) is 1. The Bertz CT molecular complexity index is 802. The first-order chi connectivity index (χ1) is 13.6. The van der Waals surface area contributed by atoms with Crippen LogP contribution in [0.25, 0.3) is 0 Å². The van der Waals surface area contributed by atoms with Gasteiger partial charge in [0.25, 0.3) is 0 Å². The average Bonchev–Trinajstić information content (AvgIpc) is 3.31. The molecule has 0 radical (unpaired) electrons. The lowest BCUT2D eigenvalue weighted by Crippen LogP contribution is -2.40. The second kappa shape index (κ2) is 9.39. The number of benzene rings is 1. The monoisotopic (exact) mass is 383 g/mol. The van der Waals surface area contributed by atoms with Gasteiger partial charge in [0, 0.05) is 38.6 Å². The largest absolute Gasteiger partial charge is 0.469 e. The van der Waals surface area contributed by atoms with E-state index in [4.69, 9.17) is 9.73 Å². The van der Waals surface area contributed by atoms with Crippen LogP contribution in [0.3, 0.4) is 0 Å². The minimum absolute atomic E-state index is 0.117. The highest BCUT2D eigenvalue weighted by Gasteiger charge is 2.36. The zero-order valence-electron chi connectivity index (χ0n) is 16.8. The highest BCUT2D eigenvalue weighted by atomic mass is 16.5. The molecule has 2 aromatic rings. The van der Waals surface area contributed by atoms with Crippen LogP contribution in [0.1, 0.15) is 25.2 Å². The van der Waals surface area contributed by atoms with Crippen molar-refractivity contribution in [1.82, 2.24) is 19.8 Å². The van der Waals surface area contributed by atoms with Gasteiger partial charge in [-0.25, -0.2) is 9.98 Å². The molecular weight excluding hydrogens is 354 g/mol. The molecule has 1 N–H and O–H groups in total. The first-order valence-corrected chi connectivity index (χ1v) is 9.77. The fourth-order valence-corrected chi connectivity index (χ4v) is 3.59. The Morgan fingerprint density at radius 1 is 1.32 bits per heavy atom. The van der Waals surface area contributed by atoms with Crippen molar-refractivity contribution in [3.8, 4) is 0 Å². The fourth-order valence-electron chi connectivity index (χ4n) is 3.59. The van der Waals surface area contributed by atoms with Crippen LogP contribution in [0.5, 0.6) is 0 Å². The van der Waals surface area contributed by atoms with Gasteiger partial charge in [-0.1, -0.05) is 37.3 Å². The molecule has 1 fully saturated rings. The normalized spacial score (nSPS) is 19.7. The van der Waals surface area contributed by atoms with Gasteiger partial charge in [0.05, 0.1) is 13.0 Å². The third-order valence-corrected chi connectivity index (χ3v) is 5.12. The Morgan fingerprint density at radius 3 is 2.82 bits per heavy atom. The molecule has 0 saturated carbocycles. The molecule has 0 aliphatic carbocycles. The number of nitrogens with one attached hydrogen (secondary N) is 1. The van der Waals surface area contributed by atoms with E-state index in [1.165, 1.54) is 12.7 Å². The van der Waals surface area contributed by atoms with Crippen molar-refractivity contribution in [1.29, 1.82) is 0 Å². The standard InChI is InChI=1S/C21H29N5O2/c1-4-22-21(26-13-16(2)18(15-26)20(27)28-3)24-12-19-23-10-11-25(19)14-17-8-6-5-7-9-17/h5-11,16,18H,4,12-15H2,1-3H3,(H,22,24). The SMILES string of the molecule is CCNC(=NCc1nccn1Cc1ccccc1)N1CC(C)C(C(=O)OC)C1. The van der Waals surface area contributed by atoms with Gasteiger partial charge in [-0.05, 0) is 18.4 Å². The van der Waals surface area contributed by atoms with Crippen LogP contribution in [0.15, 0.2) is 47.7 Å². The fraction of sp³-hybridized carbons (Fsp3) is 0.476. The Kier molecular flexibility index (Phi) is 6.68. The molecule has 2 unspecified atom stereocenters. The van der Waals surface area contributed by atoms with Crippen LogP contribution in [0.4, 0.5) is 0 Å². The van der Waals surface area contributed by atoms with Crippen LogP contribution in [-0.2, 0) is 22.6 Å². The first kappa shape index (κ1) is 19.9. The predicted octanol–water partition coefficient (Wildman–Crippen LogP) is 2.14. The number of carbonyl (C=O) groups excluding carboxylic acids is 1. The van der Waals surface area contributed by atoms with Crippen LogP contribution in [0.2, 0.25) is 0 Å². The molecule has 1 aromatic carbocycles. The number of rotatable bonds is 6. The maximum Gasteiger partial charge on any atom is 0.310 e. The van der Waals surface area contributed by atoms with Crippen LogP contribution in [0, 0.1) is 11.8 Å². The van der Waals surface area contributed by atoms with Crippen LogP contribution in [-0.4, -0.2) is 53.1 Å². The quantitative estimate of drug-likeness (QED) is 0.470. The number of carbonyl (C=O) groups is 1. The van der Waals surface area contributed by atoms with Crippen molar-refractivity contribution in [3.05, 3.63) is 54.1 Å². The Morgan fingerprint density at radius 2 is 2.11 bits per heavy atom. The van der Waals surface area contributed by atoms with Crippen molar-refractivity contribution in [2.24, 2.45) is 16.8 Å². The smallest absolute Gasteiger partial charge is 0.310 e. The Hall–Kier alpha value is -2.83. The van der Waals surface area contributed by atoms with E-state index in [9.17, 15) is 4.79 Å². The summed E-state index contributed by atoms with van der Waals surface area (Å²) in [6, 6.07) is 10.3. The van der Waals surface area contributed by atoms with Crippen molar-refractivity contribution in [3.63, 3.8) is 0 Å². The number of ether oxygens (including phenoxy) is 1. The van der Waals surface area contributed by atoms with Gasteiger partial charge >= 0.3 is 5.97 Å². The summed E-state index contributed by atoms with van der Waals surface area (Å²) < 4.78 is 7.06. The van der Waals surface area contributed by atoms with Crippen molar-refractivity contribution < 1.29 is 9.53 Å². The minimum Gasteiger partial charge on any atom is -0.469 e. The van der Waals surface area contributed by atoms with Gasteiger partial charge in [0.2, 0.25) is 0 Å². The molecule has 3 rings (SSSR count). The number of guanidine groups is 1. The zero-order valence-corrected chi connectivity index (χ0v) is 16.8. The number of imidazole rings is 1. The Labute approximate surface area is 166 Å². The molecule has 7 heteroatoms. The summed E-state index contributed by atoms with van der Waals surface area (Å²) in [6.07, 6.45) is 3.79. The lowest BCUT2D eigenvalue weighted by molar-refractivity contribution is -0.145. The second-order valence-electron chi connectivity index (χ2n) is 7.14. The third-order valence-electron chi connectivity index (χ3n) is 5.12. The van der Waals surface area contributed by atoms with Gasteiger partial charge in [0.15, 0.2) is 5.96 Å². The lowest BCUT2D eigenvalue weighted by Gasteiger charge is -2.21. The van der Waals surface area contributed by atoms with Crippen LogP contribution < -0.4 is 5.32 Å². The van der Waals surface area contributed by atoms with E-state index in [2.05, 4.69) is 38.8 Å². The van der Waals surface area contributed by atoms with Gasteiger partial charge < -0.3 is 19.5 Å². The molecule has 2 atom stereocenters. The van der Waals surface area contributed by atoms with E-state index in [1.807, 2.05) is 37.5 Å². The van der Waals surface area contributed by atoms with Gasteiger partial charge in [-0.3, -0.25) is 4.79 Å². The molecule has 0 spiro atoms. The lowest BCUT2D eigenvalue weighted by atomic mass is 9.99. The number of nitrogens with zero attached hydrogens (tertiary/aromatic N) is 4. The summed E-state index contributed by atoms with van der Waals surface area (Å²) in [5.41, 5.74) is 1.23. The Balaban J connectivity index is 1.71. The van der Waals surface area contributed by atoms with Crippen LogP contribution >= 0.6 is 0 Å². The number of methoxy groups -OCH3 is 1. The molecule has 7 nitrogen and oxygen atoms in total. The number of esters is 1. The zero-order chi connectivity index (χ0) is 19.9. The molecule has 0 amide bonds. The number of aromatic nitrogens is 2. The summed E-state index contributed by atoms with van der Waals surface area (Å²) in [5.74, 6) is 1.69. The number of hydrogen-bond acceptors (Lipinski definition) is 4. The average molecular weight is 383 g/mol. The molecular formula is C21H29N5O2. The van der Waals surface area contributed by atoms with E-state index >= 15 is 0 Å². The highest BCUT2D eigenvalue weighted by Crippen LogP contribution is 2.24. The summed E-state index contributed by atoms with van der Waals surface area (Å²) in [4.78, 5) is 23.4. The summed E-state index contributed by atoms with van der Waals surface area (Å²) in [6.45, 7) is 7.55. The summed E-state index contributed by atoms with van der Waals surface area (Å²) >= 11 is 0. The van der Waals surface area contributed by atoms with Gasteiger partial charge in [-0.2, -0.15) is 0 Å². The summed E-state index contributed by atoms with van der Waals surface area (Å²) in [7, 11) is 1.45. The van der Waals surface area contributed by atoms with Gasteiger partial charge in [-0.15, -0.1) is 0 Å².